The topological polar surface area (TPSA) is 66.5 Å². The van der Waals surface area contributed by atoms with Gasteiger partial charge in [-0.15, -0.1) is 0 Å². The van der Waals surface area contributed by atoms with Crippen LogP contribution in [0.25, 0.3) is 0 Å². The molecule has 1 N–H and O–H groups in total. The van der Waals surface area contributed by atoms with Crippen LogP contribution >= 0.6 is 0 Å². The summed E-state index contributed by atoms with van der Waals surface area (Å²) in [7, 11) is -3.44. The second-order valence-electron chi connectivity index (χ2n) is 5.78. The summed E-state index contributed by atoms with van der Waals surface area (Å²) in [4.78, 5) is 12.3. The van der Waals surface area contributed by atoms with E-state index >= 15 is 0 Å². The maximum absolute atomic E-state index is 12.6. The first-order valence-electron chi connectivity index (χ1n) is 7.79. The van der Waals surface area contributed by atoms with Crippen molar-refractivity contribution in [2.75, 3.05) is 19.6 Å². The number of amides is 1. The molecule has 0 aromatic heterocycles. The van der Waals surface area contributed by atoms with Crippen LogP contribution in [0.5, 0.6) is 0 Å². The SMILES string of the molecule is CCCNC(=O)C1CCN(S(=O)(=O)c2ccc(C)cc2)CC1. The van der Waals surface area contributed by atoms with Crippen LogP contribution in [0.3, 0.4) is 0 Å². The number of carbonyl (C=O) groups excluding carboxylic acids is 1. The number of nitrogens with zero attached hydrogens (tertiary/aromatic N) is 1. The van der Waals surface area contributed by atoms with E-state index in [0.29, 0.717) is 37.4 Å². The highest BCUT2D eigenvalue weighted by atomic mass is 32.2. The van der Waals surface area contributed by atoms with Crippen LogP contribution < -0.4 is 5.32 Å². The summed E-state index contributed by atoms with van der Waals surface area (Å²) in [5, 5.41) is 2.89. The van der Waals surface area contributed by atoms with E-state index in [2.05, 4.69) is 5.32 Å². The van der Waals surface area contributed by atoms with Crippen LogP contribution in [0.4, 0.5) is 0 Å². The number of nitrogens with one attached hydrogen (secondary N) is 1. The molecule has 1 fully saturated rings. The summed E-state index contributed by atoms with van der Waals surface area (Å²) < 4.78 is 26.6. The smallest absolute Gasteiger partial charge is 0.243 e. The van der Waals surface area contributed by atoms with Crippen molar-refractivity contribution < 1.29 is 13.2 Å². The van der Waals surface area contributed by atoms with Crippen LogP contribution in [-0.2, 0) is 14.8 Å². The molecule has 1 aromatic carbocycles. The molecule has 0 aliphatic carbocycles. The van der Waals surface area contributed by atoms with Gasteiger partial charge < -0.3 is 5.32 Å². The summed E-state index contributed by atoms with van der Waals surface area (Å²) in [5.74, 6) is -0.0229. The average molecular weight is 324 g/mol. The molecule has 1 saturated heterocycles. The van der Waals surface area contributed by atoms with E-state index in [4.69, 9.17) is 0 Å². The van der Waals surface area contributed by atoms with Crippen molar-refractivity contribution in [2.24, 2.45) is 5.92 Å². The highest BCUT2D eigenvalue weighted by Gasteiger charge is 2.31. The first-order valence-corrected chi connectivity index (χ1v) is 9.23. The molecule has 0 spiro atoms. The summed E-state index contributed by atoms with van der Waals surface area (Å²) in [6.07, 6.45) is 2.08. The summed E-state index contributed by atoms with van der Waals surface area (Å²) in [6.45, 7) is 5.43. The van der Waals surface area contributed by atoms with E-state index in [1.54, 1.807) is 24.3 Å². The zero-order valence-corrected chi connectivity index (χ0v) is 14.0. The highest BCUT2D eigenvalue weighted by Crippen LogP contribution is 2.24. The van der Waals surface area contributed by atoms with Crippen molar-refractivity contribution in [3.05, 3.63) is 29.8 Å². The average Bonchev–Trinajstić information content (AvgIpc) is 2.53. The molecular formula is C16H24N2O3S. The Bertz CT molecular complexity index is 603. The van der Waals surface area contributed by atoms with E-state index in [1.807, 2.05) is 13.8 Å². The molecule has 5 nitrogen and oxygen atoms in total. The van der Waals surface area contributed by atoms with Gasteiger partial charge in [-0.2, -0.15) is 4.31 Å². The lowest BCUT2D eigenvalue weighted by atomic mass is 9.97. The van der Waals surface area contributed by atoms with Crippen LogP contribution in [0.2, 0.25) is 0 Å². The fraction of sp³-hybridized carbons (Fsp3) is 0.562. The van der Waals surface area contributed by atoms with Gasteiger partial charge in [-0.25, -0.2) is 8.42 Å². The Kier molecular flexibility index (Phi) is 5.58. The third kappa shape index (κ3) is 3.87. The van der Waals surface area contributed by atoms with Gasteiger partial charge in [-0.1, -0.05) is 24.6 Å². The van der Waals surface area contributed by atoms with Gasteiger partial charge in [0.05, 0.1) is 4.90 Å². The van der Waals surface area contributed by atoms with Crippen LogP contribution in [-0.4, -0.2) is 38.3 Å². The van der Waals surface area contributed by atoms with Gasteiger partial charge in [0.1, 0.15) is 0 Å². The molecule has 0 unspecified atom stereocenters. The Hall–Kier alpha value is -1.40. The Labute approximate surface area is 132 Å². The lowest BCUT2D eigenvalue weighted by molar-refractivity contribution is -0.126. The minimum Gasteiger partial charge on any atom is -0.356 e. The third-order valence-electron chi connectivity index (χ3n) is 4.03. The number of rotatable bonds is 5. The van der Waals surface area contributed by atoms with E-state index in [0.717, 1.165) is 12.0 Å². The number of benzene rings is 1. The number of carbonyl (C=O) groups is 1. The number of sulfonamides is 1. The number of aryl methyl sites for hydroxylation is 1. The predicted molar refractivity (Wildman–Crippen MR) is 86.0 cm³/mol. The molecule has 2 rings (SSSR count). The monoisotopic (exact) mass is 324 g/mol. The molecular weight excluding hydrogens is 300 g/mol. The molecule has 1 aliphatic heterocycles. The van der Waals surface area contributed by atoms with Gasteiger partial charge in [0.2, 0.25) is 15.9 Å². The fourth-order valence-corrected chi connectivity index (χ4v) is 4.08. The molecule has 1 aliphatic rings. The highest BCUT2D eigenvalue weighted by molar-refractivity contribution is 7.89. The normalized spacial score (nSPS) is 17.4. The second kappa shape index (κ2) is 7.24. The lowest BCUT2D eigenvalue weighted by Crippen LogP contribution is -2.43. The van der Waals surface area contributed by atoms with Gasteiger partial charge in [0, 0.05) is 25.6 Å². The van der Waals surface area contributed by atoms with E-state index < -0.39 is 10.0 Å². The summed E-state index contributed by atoms with van der Waals surface area (Å²) >= 11 is 0. The third-order valence-corrected chi connectivity index (χ3v) is 5.95. The van der Waals surface area contributed by atoms with Crippen molar-refractivity contribution >= 4 is 15.9 Å². The molecule has 1 amide bonds. The van der Waals surface area contributed by atoms with Gasteiger partial charge in [0.15, 0.2) is 0 Å². The molecule has 1 heterocycles. The van der Waals surface area contributed by atoms with Crippen molar-refractivity contribution in [3.63, 3.8) is 0 Å². The van der Waals surface area contributed by atoms with Crippen molar-refractivity contribution in [2.45, 2.75) is 38.0 Å². The zero-order chi connectivity index (χ0) is 16.2. The van der Waals surface area contributed by atoms with E-state index in [-0.39, 0.29) is 11.8 Å². The van der Waals surface area contributed by atoms with Gasteiger partial charge in [-0.3, -0.25) is 4.79 Å². The molecule has 0 bridgehead atoms. The number of piperidine rings is 1. The largest absolute Gasteiger partial charge is 0.356 e. The predicted octanol–water partition coefficient (Wildman–Crippen LogP) is 1.92. The zero-order valence-electron chi connectivity index (χ0n) is 13.2. The molecule has 1 aromatic rings. The molecule has 0 saturated carbocycles. The Morgan fingerprint density at radius 1 is 1.23 bits per heavy atom. The number of hydrogen-bond donors (Lipinski definition) is 1. The number of hydrogen-bond acceptors (Lipinski definition) is 3. The van der Waals surface area contributed by atoms with Crippen molar-refractivity contribution in [3.8, 4) is 0 Å². The Balaban J connectivity index is 1.98. The molecule has 122 valence electrons. The van der Waals surface area contributed by atoms with Crippen molar-refractivity contribution in [1.29, 1.82) is 0 Å². The first-order chi connectivity index (χ1) is 10.4. The van der Waals surface area contributed by atoms with E-state index in [1.165, 1.54) is 4.31 Å². The molecule has 0 atom stereocenters. The quantitative estimate of drug-likeness (QED) is 0.900. The summed E-state index contributed by atoms with van der Waals surface area (Å²) in [6, 6.07) is 6.89. The minimum atomic E-state index is -3.44. The minimum absolute atomic E-state index is 0.0502. The Morgan fingerprint density at radius 2 is 1.82 bits per heavy atom. The molecule has 0 radical (unpaired) electrons. The van der Waals surface area contributed by atoms with Gasteiger partial charge in [0.25, 0.3) is 0 Å². The molecule has 6 heteroatoms. The van der Waals surface area contributed by atoms with Crippen LogP contribution in [0.15, 0.2) is 29.2 Å². The Morgan fingerprint density at radius 3 is 2.36 bits per heavy atom. The fourth-order valence-electron chi connectivity index (χ4n) is 2.61. The van der Waals surface area contributed by atoms with Crippen LogP contribution in [0, 0.1) is 12.8 Å². The molecule has 22 heavy (non-hydrogen) atoms. The summed E-state index contributed by atoms with van der Waals surface area (Å²) in [5.41, 5.74) is 1.03. The maximum Gasteiger partial charge on any atom is 0.243 e. The first kappa shape index (κ1) is 17.0. The lowest BCUT2D eigenvalue weighted by Gasteiger charge is -2.30. The second-order valence-corrected chi connectivity index (χ2v) is 7.72. The van der Waals surface area contributed by atoms with Crippen molar-refractivity contribution in [1.82, 2.24) is 9.62 Å². The standard InChI is InChI=1S/C16H24N2O3S/c1-3-10-17-16(19)14-8-11-18(12-9-14)22(20,21)15-6-4-13(2)5-7-15/h4-7,14H,3,8-12H2,1-2H3,(H,17,19). The van der Waals surface area contributed by atoms with Crippen LogP contribution in [0.1, 0.15) is 31.7 Å². The maximum atomic E-state index is 12.6. The van der Waals surface area contributed by atoms with E-state index in [9.17, 15) is 13.2 Å². The van der Waals surface area contributed by atoms with Gasteiger partial charge >= 0.3 is 0 Å². The van der Waals surface area contributed by atoms with Gasteiger partial charge in [-0.05, 0) is 38.3 Å².